The molecular weight excluding hydrogens is 473 g/mol. The number of methoxy groups -OCH3 is 3. The lowest BCUT2D eigenvalue weighted by molar-refractivity contribution is -0.113. The molecule has 0 saturated heterocycles. The highest BCUT2D eigenvalue weighted by atomic mass is 19.1. The molecule has 0 spiro atoms. The van der Waals surface area contributed by atoms with Crippen LogP contribution in [0.15, 0.2) is 35.3 Å². The molecule has 0 atom stereocenters. The summed E-state index contributed by atoms with van der Waals surface area (Å²) in [5, 5.41) is 2.63. The van der Waals surface area contributed by atoms with Gasteiger partial charge in [-0.3, -0.25) is 14.4 Å². The number of benzene rings is 1. The summed E-state index contributed by atoms with van der Waals surface area (Å²) in [5.74, 6) is -1.82. The van der Waals surface area contributed by atoms with E-state index in [1.165, 1.54) is 56.7 Å². The normalized spacial score (nSPS) is 10.9. The monoisotopic (exact) mass is 507 g/mol. The number of unbranched alkanes of at least 4 members (excludes halogenated alkanes) is 1. The predicted molar refractivity (Wildman–Crippen MR) is 131 cm³/mol. The van der Waals surface area contributed by atoms with Gasteiger partial charge in [0.1, 0.15) is 11.4 Å². The minimum atomic E-state index is -0.716. The Morgan fingerprint density at radius 3 is 2.42 bits per heavy atom. The van der Waals surface area contributed by atoms with E-state index in [-0.39, 0.29) is 49.9 Å². The molecule has 0 aliphatic heterocycles. The number of H-pyrrole nitrogens is 1. The maximum absolute atomic E-state index is 13.4. The fourth-order valence-corrected chi connectivity index (χ4v) is 3.24. The van der Waals surface area contributed by atoms with E-state index >= 15 is 0 Å². The number of hydrogen-bond donors (Lipinski definition) is 2. The number of aromatic amines is 1. The minimum Gasteiger partial charge on any atom is -0.487 e. The lowest BCUT2D eigenvalue weighted by Crippen LogP contribution is -2.42. The predicted octanol–water partition coefficient (Wildman–Crippen LogP) is 2.33. The fourth-order valence-electron chi connectivity index (χ4n) is 3.24. The zero-order valence-corrected chi connectivity index (χ0v) is 21.1. The molecule has 2 amide bonds. The van der Waals surface area contributed by atoms with Crippen LogP contribution in [0.1, 0.15) is 46.2 Å². The summed E-state index contributed by atoms with van der Waals surface area (Å²) in [4.78, 5) is 43.6. The molecule has 0 fully saturated rings. The summed E-state index contributed by atoms with van der Waals surface area (Å²) >= 11 is 0. The van der Waals surface area contributed by atoms with Crippen molar-refractivity contribution in [3.05, 3.63) is 63.3 Å². The van der Waals surface area contributed by atoms with Crippen LogP contribution in [-0.2, 0) is 20.8 Å². The van der Waals surface area contributed by atoms with Crippen LogP contribution in [-0.4, -0.2) is 75.6 Å². The van der Waals surface area contributed by atoms with E-state index in [9.17, 15) is 18.8 Å². The summed E-state index contributed by atoms with van der Waals surface area (Å²) < 4.78 is 34.4. The molecule has 0 aliphatic carbocycles. The molecule has 2 rings (SSSR count). The van der Waals surface area contributed by atoms with Crippen molar-refractivity contribution in [2.45, 2.75) is 32.6 Å². The second kappa shape index (κ2) is 15.0. The van der Waals surface area contributed by atoms with Gasteiger partial charge in [0.2, 0.25) is 5.43 Å². The zero-order chi connectivity index (χ0) is 26.5. The molecule has 36 heavy (non-hydrogen) atoms. The highest BCUT2D eigenvalue weighted by Gasteiger charge is 2.27. The highest BCUT2D eigenvalue weighted by molar-refractivity contribution is 5.98. The van der Waals surface area contributed by atoms with E-state index in [2.05, 4.69) is 10.3 Å². The van der Waals surface area contributed by atoms with E-state index in [0.717, 1.165) is 6.42 Å². The number of amides is 2. The Kier molecular flexibility index (Phi) is 12.0. The van der Waals surface area contributed by atoms with Crippen molar-refractivity contribution in [1.82, 2.24) is 15.2 Å². The molecular formula is C25H34FN3O7. The lowest BCUT2D eigenvalue weighted by atomic mass is 10.1. The molecule has 0 unspecified atom stereocenters. The molecule has 2 N–H and O–H groups in total. The molecule has 0 bridgehead atoms. The van der Waals surface area contributed by atoms with Crippen LogP contribution in [0.5, 0.6) is 5.75 Å². The maximum atomic E-state index is 13.4. The average molecular weight is 508 g/mol. The largest absolute Gasteiger partial charge is 0.487 e. The molecule has 2 aromatic rings. The molecule has 0 radical (unpaired) electrons. The number of aromatic nitrogens is 1. The van der Waals surface area contributed by atoms with Gasteiger partial charge in [0.05, 0.1) is 19.8 Å². The van der Waals surface area contributed by atoms with Gasteiger partial charge in [0.15, 0.2) is 17.7 Å². The Hall–Kier alpha value is -3.28. The van der Waals surface area contributed by atoms with Gasteiger partial charge in [0, 0.05) is 40.6 Å². The third-order valence-corrected chi connectivity index (χ3v) is 5.36. The smallest absolute Gasteiger partial charge is 0.274 e. The van der Waals surface area contributed by atoms with Crippen molar-refractivity contribution in [3.8, 4) is 5.75 Å². The van der Waals surface area contributed by atoms with Gasteiger partial charge in [-0.05, 0) is 24.1 Å². The number of carbonyl (C=O) groups excluding carboxylic acids is 2. The number of pyridine rings is 1. The first kappa shape index (κ1) is 29.0. The Labute approximate surface area is 209 Å². The number of nitrogens with one attached hydrogen (secondary N) is 2. The third kappa shape index (κ3) is 8.14. The fraction of sp³-hybridized carbons (Fsp3) is 0.480. The van der Waals surface area contributed by atoms with Gasteiger partial charge in [-0.1, -0.05) is 25.5 Å². The second-order valence-corrected chi connectivity index (χ2v) is 7.89. The summed E-state index contributed by atoms with van der Waals surface area (Å²) in [7, 11) is 4.41. The maximum Gasteiger partial charge on any atom is 0.274 e. The summed E-state index contributed by atoms with van der Waals surface area (Å²) in [6.07, 6.45) is 1.94. The Bertz CT molecular complexity index is 1040. The van der Waals surface area contributed by atoms with Crippen LogP contribution in [0.4, 0.5) is 4.39 Å². The van der Waals surface area contributed by atoms with Crippen molar-refractivity contribution in [2.24, 2.45) is 0 Å². The standard InChI is InChI=1S/C25H34FN3O7/c1-5-6-12-36-23-21(25(32)29(11-13-33-2)16-20(34-3)35-4)27-15-19(22(23)30)24(31)28-14-17-7-9-18(26)10-8-17/h7-10,15,20H,5-6,11-14,16H2,1-4H3,(H,27,30)(H,28,31). The number of halogens is 1. The van der Waals surface area contributed by atoms with Gasteiger partial charge in [0.25, 0.3) is 11.8 Å². The van der Waals surface area contributed by atoms with Crippen LogP contribution < -0.4 is 15.5 Å². The van der Waals surface area contributed by atoms with Gasteiger partial charge in [-0.2, -0.15) is 0 Å². The number of rotatable bonds is 15. The molecule has 198 valence electrons. The van der Waals surface area contributed by atoms with Crippen LogP contribution in [0.2, 0.25) is 0 Å². The number of hydrogen-bond acceptors (Lipinski definition) is 7. The number of carbonyl (C=O) groups is 2. The highest BCUT2D eigenvalue weighted by Crippen LogP contribution is 2.16. The van der Waals surface area contributed by atoms with Crippen LogP contribution >= 0.6 is 0 Å². The third-order valence-electron chi connectivity index (χ3n) is 5.36. The van der Waals surface area contributed by atoms with Crippen LogP contribution in [0.25, 0.3) is 0 Å². The molecule has 10 nitrogen and oxygen atoms in total. The van der Waals surface area contributed by atoms with Gasteiger partial charge in [-0.25, -0.2) is 4.39 Å². The SMILES string of the molecule is CCCCOc1c(C(=O)N(CCOC)CC(OC)OC)[nH]cc(C(=O)NCc2ccc(F)cc2)c1=O. The van der Waals surface area contributed by atoms with Gasteiger partial charge >= 0.3 is 0 Å². The molecule has 1 aromatic heterocycles. The first-order valence-corrected chi connectivity index (χ1v) is 11.6. The first-order valence-electron chi connectivity index (χ1n) is 11.6. The summed E-state index contributed by atoms with van der Waals surface area (Å²) in [5.41, 5.74) is -0.359. The van der Waals surface area contributed by atoms with E-state index in [1.807, 2.05) is 6.92 Å². The van der Waals surface area contributed by atoms with E-state index < -0.39 is 29.4 Å². The molecule has 1 heterocycles. The second-order valence-electron chi connectivity index (χ2n) is 7.89. The Balaban J connectivity index is 2.35. The minimum absolute atomic E-state index is 0.0749. The summed E-state index contributed by atoms with van der Waals surface area (Å²) in [6.45, 7) is 2.76. The van der Waals surface area contributed by atoms with Crippen molar-refractivity contribution in [2.75, 3.05) is 47.6 Å². The zero-order valence-electron chi connectivity index (χ0n) is 21.1. The number of ether oxygens (including phenoxy) is 4. The lowest BCUT2D eigenvalue weighted by Gasteiger charge is -2.26. The molecule has 1 aromatic carbocycles. The van der Waals surface area contributed by atoms with Gasteiger partial charge in [-0.15, -0.1) is 0 Å². The van der Waals surface area contributed by atoms with E-state index in [0.29, 0.717) is 12.0 Å². The van der Waals surface area contributed by atoms with E-state index in [1.54, 1.807) is 0 Å². The first-order chi connectivity index (χ1) is 17.4. The Morgan fingerprint density at radius 2 is 1.81 bits per heavy atom. The average Bonchev–Trinajstić information content (AvgIpc) is 2.89. The molecule has 0 aliphatic rings. The van der Waals surface area contributed by atoms with E-state index in [4.69, 9.17) is 18.9 Å². The van der Waals surface area contributed by atoms with Crippen molar-refractivity contribution in [3.63, 3.8) is 0 Å². The van der Waals surface area contributed by atoms with Crippen molar-refractivity contribution in [1.29, 1.82) is 0 Å². The Morgan fingerprint density at radius 1 is 1.11 bits per heavy atom. The van der Waals surface area contributed by atoms with Crippen LogP contribution in [0, 0.1) is 5.82 Å². The van der Waals surface area contributed by atoms with Crippen LogP contribution in [0.3, 0.4) is 0 Å². The summed E-state index contributed by atoms with van der Waals surface area (Å²) in [6, 6.07) is 5.62. The van der Waals surface area contributed by atoms with Crippen molar-refractivity contribution >= 4 is 11.8 Å². The molecule has 11 heteroatoms. The number of nitrogens with zero attached hydrogens (tertiary/aromatic N) is 1. The molecule has 0 saturated carbocycles. The van der Waals surface area contributed by atoms with Crippen molar-refractivity contribution < 1.29 is 32.9 Å². The topological polar surface area (TPSA) is 119 Å². The quantitative estimate of drug-likeness (QED) is 0.281. The van der Waals surface area contributed by atoms with Gasteiger partial charge < -0.3 is 34.1 Å².